The van der Waals surface area contributed by atoms with Gasteiger partial charge in [-0.3, -0.25) is 4.79 Å². The van der Waals surface area contributed by atoms with Crippen LogP contribution in [-0.2, 0) is 19.6 Å². The molecule has 7 nitrogen and oxygen atoms in total. The molecule has 0 aliphatic carbocycles. The number of ether oxygens (including phenoxy) is 1. The van der Waals surface area contributed by atoms with Gasteiger partial charge in [0, 0.05) is 23.1 Å². The van der Waals surface area contributed by atoms with Crippen LogP contribution in [0.5, 0.6) is 0 Å². The number of carbonyl (C=O) groups excluding carboxylic acids is 2. The monoisotopic (exact) mass is 454 g/mol. The van der Waals surface area contributed by atoms with Crippen molar-refractivity contribution in [2.24, 2.45) is 0 Å². The molecular formula is C18H19BrN2O5S. The lowest BCUT2D eigenvalue weighted by atomic mass is 10.2. The van der Waals surface area contributed by atoms with Crippen LogP contribution >= 0.6 is 15.9 Å². The first-order chi connectivity index (χ1) is 12.8. The Balaban J connectivity index is 1.88. The molecule has 2 aromatic carbocycles. The Morgan fingerprint density at radius 1 is 1.11 bits per heavy atom. The number of hydrogen-bond acceptors (Lipinski definition) is 5. The third kappa shape index (κ3) is 6.46. The van der Waals surface area contributed by atoms with Gasteiger partial charge in [-0.05, 0) is 49.4 Å². The molecule has 0 fully saturated rings. The van der Waals surface area contributed by atoms with Gasteiger partial charge in [0.15, 0.2) is 0 Å². The Bertz CT molecular complexity index is 914. The van der Waals surface area contributed by atoms with Crippen LogP contribution in [0.2, 0.25) is 0 Å². The summed E-state index contributed by atoms with van der Waals surface area (Å²) in [5.74, 6) is -0.856. The first-order valence-electron chi connectivity index (χ1n) is 8.14. The van der Waals surface area contributed by atoms with Gasteiger partial charge in [-0.25, -0.2) is 17.9 Å². The number of esters is 1. The molecule has 0 unspecified atom stereocenters. The molecule has 144 valence electrons. The van der Waals surface area contributed by atoms with E-state index in [1.807, 2.05) is 0 Å². The average molecular weight is 455 g/mol. The van der Waals surface area contributed by atoms with Crippen LogP contribution in [-0.4, -0.2) is 33.4 Å². The summed E-state index contributed by atoms with van der Waals surface area (Å²) < 4.78 is 32.4. The molecule has 2 rings (SSSR count). The summed E-state index contributed by atoms with van der Waals surface area (Å²) in [7, 11) is -3.68. The van der Waals surface area contributed by atoms with Crippen molar-refractivity contribution in [2.75, 3.05) is 18.5 Å². The van der Waals surface area contributed by atoms with E-state index in [0.717, 1.165) is 4.47 Å². The van der Waals surface area contributed by atoms with E-state index in [9.17, 15) is 18.0 Å². The first-order valence-corrected chi connectivity index (χ1v) is 10.4. The van der Waals surface area contributed by atoms with Crippen LogP contribution in [0.1, 0.15) is 23.7 Å². The number of benzene rings is 2. The van der Waals surface area contributed by atoms with Crippen molar-refractivity contribution in [3.05, 3.63) is 58.6 Å². The first kappa shape index (κ1) is 21.1. The molecular weight excluding hydrogens is 436 g/mol. The molecule has 0 saturated carbocycles. The second-order valence-corrected chi connectivity index (χ2v) is 8.13. The van der Waals surface area contributed by atoms with Crippen LogP contribution in [0.25, 0.3) is 0 Å². The Labute approximate surface area is 166 Å². The highest BCUT2D eigenvalue weighted by Crippen LogP contribution is 2.15. The van der Waals surface area contributed by atoms with E-state index in [1.54, 1.807) is 37.3 Å². The fraction of sp³-hybridized carbons (Fsp3) is 0.222. The maximum Gasteiger partial charge on any atom is 0.338 e. The summed E-state index contributed by atoms with van der Waals surface area (Å²) in [6.45, 7) is 1.91. The van der Waals surface area contributed by atoms with Crippen LogP contribution in [0, 0.1) is 0 Å². The SMILES string of the molecule is CCOC(=O)c1cccc(NC(=O)CCNS(=O)(=O)c2ccc(Br)cc2)c1. The summed E-state index contributed by atoms with van der Waals surface area (Å²) in [4.78, 5) is 23.8. The number of amides is 1. The summed E-state index contributed by atoms with van der Waals surface area (Å²) in [6.07, 6.45) is -0.0562. The number of rotatable bonds is 8. The van der Waals surface area contributed by atoms with Crippen molar-refractivity contribution in [1.82, 2.24) is 4.72 Å². The fourth-order valence-corrected chi connectivity index (χ4v) is 3.45. The smallest absolute Gasteiger partial charge is 0.338 e. The van der Waals surface area contributed by atoms with Gasteiger partial charge in [0.05, 0.1) is 17.1 Å². The molecule has 0 aromatic heterocycles. The minimum absolute atomic E-state index is 0.0538. The standard InChI is InChI=1S/C18H19BrN2O5S/c1-2-26-18(23)13-4-3-5-15(12-13)21-17(22)10-11-20-27(24,25)16-8-6-14(19)7-9-16/h3-9,12,20H,2,10-11H2,1H3,(H,21,22). The number of nitrogens with one attached hydrogen (secondary N) is 2. The van der Waals surface area contributed by atoms with E-state index in [4.69, 9.17) is 4.74 Å². The van der Waals surface area contributed by atoms with E-state index in [2.05, 4.69) is 26.0 Å². The van der Waals surface area contributed by atoms with Crippen molar-refractivity contribution in [3.63, 3.8) is 0 Å². The highest BCUT2D eigenvalue weighted by Gasteiger charge is 2.14. The van der Waals surface area contributed by atoms with E-state index >= 15 is 0 Å². The van der Waals surface area contributed by atoms with E-state index < -0.39 is 16.0 Å². The normalized spacial score (nSPS) is 11.0. The van der Waals surface area contributed by atoms with Gasteiger partial charge in [-0.2, -0.15) is 0 Å². The molecule has 0 aliphatic rings. The minimum Gasteiger partial charge on any atom is -0.462 e. The quantitative estimate of drug-likeness (QED) is 0.596. The average Bonchev–Trinajstić information content (AvgIpc) is 2.62. The van der Waals surface area contributed by atoms with Crippen LogP contribution < -0.4 is 10.0 Å². The fourth-order valence-electron chi connectivity index (χ4n) is 2.16. The molecule has 0 spiro atoms. The molecule has 27 heavy (non-hydrogen) atoms. The van der Waals surface area contributed by atoms with Crippen LogP contribution in [0.3, 0.4) is 0 Å². The Morgan fingerprint density at radius 3 is 2.48 bits per heavy atom. The summed E-state index contributed by atoms with van der Waals surface area (Å²) in [5.41, 5.74) is 0.756. The van der Waals surface area contributed by atoms with Gasteiger partial charge in [0.25, 0.3) is 0 Å². The van der Waals surface area contributed by atoms with Gasteiger partial charge >= 0.3 is 5.97 Å². The molecule has 0 radical (unpaired) electrons. The van der Waals surface area contributed by atoms with Gasteiger partial charge < -0.3 is 10.1 Å². The maximum absolute atomic E-state index is 12.2. The van der Waals surface area contributed by atoms with Crippen molar-refractivity contribution < 1.29 is 22.7 Å². The van der Waals surface area contributed by atoms with Crippen LogP contribution in [0.15, 0.2) is 57.9 Å². The van der Waals surface area contributed by atoms with E-state index in [-0.39, 0.29) is 30.4 Å². The summed E-state index contributed by atoms with van der Waals surface area (Å²) in [6, 6.07) is 12.5. The predicted molar refractivity (Wildman–Crippen MR) is 105 cm³/mol. The Kier molecular flexibility index (Phi) is 7.52. The van der Waals surface area contributed by atoms with Gasteiger partial charge in [-0.15, -0.1) is 0 Å². The number of halogens is 1. The van der Waals surface area contributed by atoms with Gasteiger partial charge in [-0.1, -0.05) is 22.0 Å². The highest BCUT2D eigenvalue weighted by atomic mass is 79.9. The maximum atomic E-state index is 12.2. The lowest BCUT2D eigenvalue weighted by molar-refractivity contribution is -0.116. The molecule has 0 aliphatic heterocycles. The Morgan fingerprint density at radius 2 is 1.81 bits per heavy atom. The minimum atomic E-state index is -3.68. The molecule has 9 heteroatoms. The zero-order valence-corrected chi connectivity index (χ0v) is 17.0. The highest BCUT2D eigenvalue weighted by molar-refractivity contribution is 9.10. The second kappa shape index (κ2) is 9.63. The Hall–Kier alpha value is -2.23. The molecule has 0 saturated heterocycles. The number of anilines is 1. The summed E-state index contributed by atoms with van der Waals surface area (Å²) in [5, 5.41) is 2.63. The number of carbonyl (C=O) groups is 2. The molecule has 0 heterocycles. The number of sulfonamides is 1. The topological polar surface area (TPSA) is 102 Å². The van der Waals surface area contributed by atoms with Crippen molar-refractivity contribution >= 4 is 43.5 Å². The predicted octanol–water partition coefficient (Wildman–Crippen LogP) is 2.93. The second-order valence-electron chi connectivity index (χ2n) is 5.45. The van der Waals surface area contributed by atoms with Crippen molar-refractivity contribution in [3.8, 4) is 0 Å². The molecule has 2 N–H and O–H groups in total. The van der Waals surface area contributed by atoms with E-state index in [0.29, 0.717) is 11.3 Å². The zero-order valence-electron chi connectivity index (χ0n) is 14.6. The third-order valence-electron chi connectivity index (χ3n) is 3.43. The van der Waals surface area contributed by atoms with E-state index in [1.165, 1.54) is 18.2 Å². The van der Waals surface area contributed by atoms with Crippen LogP contribution in [0.4, 0.5) is 5.69 Å². The molecule has 0 atom stereocenters. The lowest BCUT2D eigenvalue weighted by Gasteiger charge is -2.09. The molecule has 0 bridgehead atoms. The third-order valence-corrected chi connectivity index (χ3v) is 5.43. The van der Waals surface area contributed by atoms with Crippen molar-refractivity contribution in [2.45, 2.75) is 18.2 Å². The lowest BCUT2D eigenvalue weighted by Crippen LogP contribution is -2.27. The number of hydrogen-bond donors (Lipinski definition) is 2. The summed E-state index contributed by atoms with van der Waals surface area (Å²) >= 11 is 3.24. The zero-order chi connectivity index (χ0) is 19.9. The van der Waals surface area contributed by atoms with Gasteiger partial charge in [0.1, 0.15) is 0 Å². The molecule has 2 aromatic rings. The molecule has 1 amide bonds. The van der Waals surface area contributed by atoms with Gasteiger partial charge in [0.2, 0.25) is 15.9 Å². The largest absolute Gasteiger partial charge is 0.462 e. The van der Waals surface area contributed by atoms with Crippen molar-refractivity contribution in [1.29, 1.82) is 0 Å².